The first-order chi connectivity index (χ1) is 12.1. The van der Waals surface area contributed by atoms with Crippen LogP contribution in [0.3, 0.4) is 0 Å². The van der Waals surface area contributed by atoms with E-state index in [1.165, 1.54) is 4.80 Å². The number of unbranched alkanes of at least 4 members (excludes halogenated alkanes) is 2. The largest absolute Gasteiger partial charge is 0.492 e. The minimum atomic E-state index is -0.511. The quantitative estimate of drug-likeness (QED) is 0.540. The molecule has 7 nitrogen and oxygen atoms in total. The lowest BCUT2D eigenvalue weighted by Gasteiger charge is -2.08. The summed E-state index contributed by atoms with van der Waals surface area (Å²) in [6.07, 6.45) is 3.15. The van der Waals surface area contributed by atoms with Crippen LogP contribution in [0.2, 0.25) is 0 Å². The maximum atomic E-state index is 11.8. The molecule has 0 unspecified atom stereocenters. The van der Waals surface area contributed by atoms with E-state index in [9.17, 15) is 10.1 Å². The molecular formula is C18H22N4O3. The molecule has 0 N–H and O–H groups in total. The zero-order chi connectivity index (χ0) is 18.2. The average molecular weight is 342 g/mol. The standard InChI is InChI=1S/C18H22N4O3/c1-4-6-7-10-25-16-9-8-15(11-14(16)12-19)22-20-13(3)17(21-22)18(23)24-5-2/h8-9,11H,4-7,10H2,1-3H3. The number of carbonyl (C=O) groups excluding carboxylic acids is 1. The van der Waals surface area contributed by atoms with E-state index < -0.39 is 5.97 Å². The number of nitrogens with zero attached hydrogens (tertiary/aromatic N) is 4. The van der Waals surface area contributed by atoms with Gasteiger partial charge in [-0.3, -0.25) is 0 Å². The fourth-order valence-corrected chi connectivity index (χ4v) is 2.27. The van der Waals surface area contributed by atoms with Crippen molar-refractivity contribution in [1.29, 1.82) is 5.26 Å². The van der Waals surface area contributed by atoms with Crippen molar-refractivity contribution in [2.24, 2.45) is 0 Å². The predicted molar refractivity (Wildman–Crippen MR) is 91.8 cm³/mol. The van der Waals surface area contributed by atoms with E-state index in [1.807, 2.05) is 0 Å². The van der Waals surface area contributed by atoms with E-state index in [0.717, 1.165) is 19.3 Å². The molecule has 0 bridgehead atoms. The molecule has 0 amide bonds. The van der Waals surface area contributed by atoms with Crippen LogP contribution in [0, 0.1) is 18.3 Å². The first kappa shape index (κ1) is 18.5. The van der Waals surface area contributed by atoms with Crippen LogP contribution in [-0.2, 0) is 4.74 Å². The number of hydrogen-bond acceptors (Lipinski definition) is 6. The molecule has 1 aromatic carbocycles. The van der Waals surface area contributed by atoms with Gasteiger partial charge in [0.05, 0.1) is 30.2 Å². The lowest BCUT2D eigenvalue weighted by Crippen LogP contribution is -2.08. The summed E-state index contributed by atoms with van der Waals surface area (Å²) in [5.74, 6) is 0.0273. The summed E-state index contributed by atoms with van der Waals surface area (Å²) < 4.78 is 10.6. The Morgan fingerprint density at radius 2 is 2.08 bits per heavy atom. The number of aryl methyl sites for hydroxylation is 1. The fraction of sp³-hybridized carbons (Fsp3) is 0.444. The smallest absolute Gasteiger partial charge is 0.360 e. The molecule has 0 saturated heterocycles. The van der Waals surface area contributed by atoms with Gasteiger partial charge in [-0.05, 0) is 38.5 Å². The van der Waals surface area contributed by atoms with Gasteiger partial charge in [-0.15, -0.1) is 5.10 Å². The normalized spacial score (nSPS) is 10.3. The highest BCUT2D eigenvalue weighted by molar-refractivity contribution is 5.88. The van der Waals surface area contributed by atoms with Crippen LogP contribution in [-0.4, -0.2) is 34.2 Å². The Morgan fingerprint density at radius 3 is 2.76 bits per heavy atom. The van der Waals surface area contributed by atoms with Crippen LogP contribution < -0.4 is 4.74 Å². The van der Waals surface area contributed by atoms with Gasteiger partial charge in [0.25, 0.3) is 0 Å². The third kappa shape index (κ3) is 4.57. The number of rotatable bonds is 8. The Kier molecular flexibility index (Phi) is 6.52. The van der Waals surface area contributed by atoms with Gasteiger partial charge in [0.2, 0.25) is 0 Å². The molecule has 0 atom stereocenters. The van der Waals surface area contributed by atoms with E-state index in [2.05, 4.69) is 23.2 Å². The second-order valence-corrected chi connectivity index (χ2v) is 5.49. The highest BCUT2D eigenvalue weighted by Gasteiger charge is 2.18. The molecule has 25 heavy (non-hydrogen) atoms. The van der Waals surface area contributed by atoms with Gasteiger partial charge in [-0.2, -0.15) is 15.2 Å². The molecule has 0 spiro atoms. The van der Waals surface area contributed by atoms with E-state index >= 15 is 0 Å². The summed E-state index contributed by atoms with van der Waals surface area (Å²) in [6.45, 7) is 6.39. The second kappa shape index (κ2) is 8.83. The molecule has 0 aliphatic rings. The Hall–Kier alpha value is -2.88. The summed E-state index contributed by atoms with van der Waals surface area (Å²) in [4.78, 5) is 13.2. The lowest BCUT2D eigenvalue weighted by molar-refractivity contribution is 0.0518. The molecule has 2 aromatic rings. The maximum Gasteiger partial charge on any atom is 0.360 e. The minimum absolute atomic E-state index is 0.167. The van der Waals surface area contributed by atoms with Crippen molar-refractivity contribution in [2.45, 2.75) is 40.0 Å². The Balaban J connectivity index is 2.22. The SMILES string of the molecule is CCCCCOc1ccc(-n2nc(C)c(C(=O)OCC)n2)cc1C#N. The zero-order valence-electron chi connectivity index (χ0n) is 14.8. The molecule has 7 heteroatoms. The lowest BCUT2D eigenvalue weighted by atomic mass is 10.2. The molecule has 0 fully saturated rings. The van der Waals surface area contributed by atoms with Crippen LogP contribution in [0.5, 0.6) is 5.75 Å². The van der Waals surface area contributed by atoms with Gasteiger partial charge < -0.3 is 9.47 Å². The molecule has 0 aliphatic heterocycles. The van der Waals surface area contributed by atoms with Crippen molar-refractivity contribution < 1.29 is 14.3 Å². The van der Waals surface area contributed by atoms with Crippen LogP contribution in [0.25, 0.3) is 5.69 Å². The van der Waals surface area contributed by atoms with Gasteiger partial charge in [0.1, 0.15) is 11.8 Å². The molecule has 132 valence electrons. The van der Waals surface area contributed by atoms with E-state index in [1.54, 1.807) is 32.0 Å². The van der Waals surface area contributed by atoms with Crippen molar-refractivity contribution in [3.05, 3.63) is 35.2 Å². The van der Waals surface area contributed by atoms with E-state index in [-0.39, 0.29) is 12.3 Å². The Labute approximate surface area is 147 Å². The number of esters is 1. The first-order valence-electron chi connectivity index (χ1n) is 8.39. The number of nitriles is 1. The fourth-order valence-electron chi connectivity index (χ4n) is 2.27. The van der Waals surface area contributed by atoms with Crippen LogP contribution in [0.4, 0.5) is 0 Å². The number of aromatic nitrogens is 3. The average Bonchev–Trinajstić information content (AvgIpc) is 3.01. The van der Waals surface area contributed by atoms with Crippen LogP contribution in [0.15, 0.2) is 18.2 Å². The van der Waals surface area contributed by atoms with E-state index in [0.29, 0.717) is 29.3 Å². The van der Waals surface area contributed by atoms with Gasteiger partial charge in [-0.1, -0.05) is 19.8 Å². The van der Waals surface area contributed by atoms with Crippen LogP contribution in [0.1, 0.15) is 54.9 Å². The van der Waals surface area contributed by atoms with Crippen molar-refractivity contribution in [2.75, 3.05) is 13.2 Å². The summed E-state index contributed by atoms with van der Waals surface area (Å²) in [7, 11) is 0. The zero-order valence-corrected chi connectivity index (χ0v) is 14.8. The number of ether oxygens (including phenoxy) is 2. The maximum absolute atomic E-state index is 11.8. The molecule has 1 aromatic heterocycles. The van der Waals surface area contributed by atoms with Crippen molar-refractivity contribution in [1.82, 2.24) is 15.0 Å². The van der Waals surface area contributed by atoms with Gasteiger partial charge >= 0.3 is 5.97 Å². The highest BCUT2D eigenvalue weighted by Crippen LogP contribution is 2.22. The van der Waals surface area contributed by atoms with Crippen molar-refractivity contribution in [3.63, 3.8) is 0 Å². The molecule has 0 saturated carbocycles. The monoisotopic (exact) mass is 342 g/mol. The molecular weight excluding hydrogens is 320 g/mol. The molecule has 2 rings (SSSR count). The van der Waals surface area contributed by atoms with Crippen molar-refractivity contribution >= 4 is 5.97 Å². The van der Waals surface area contributed by atoms with Gasteiger partial charge in [-0.25, -0.2) is 4.79 Å². The van der Waals surface area contributed by atoms with E-state index in [4.69, 9.17) is 9.47 Å². The Morgan fingerprint density at radius 1 is 1.28 bits per heavy atom. The molecule has 0 aliphatic carbocycles. The molecule has 0 radical (unpaired) electrons. The van der Waals surface area contributed by atoms with Crippen molar-refractivity contribution in [3.8, 4) is 17.5 Å². The summed E-state index contributed by atoms with van der Waals surface area (Å²) in [5, 5.41) is 17.8. The van der Waals surface area contributed by atoms with Gasteiger partial charge in [0, 0.05) is 0 Å². The number of hydrogen-bond donors (Lipinski definition) is 0. The topological polar surface area (TPSA) is 90.0 Å². The predicted octanol–water partition coefficient (Wildman–Crippen LogP) is 3.19. The third-order valence-electron chi connectivity index (χ3n) is 3.57. The van der Waals surface area contributed by atoms with Crippen LogP contribution >= 0.6 is 0 Å². The number of benzene rings is 1. The highest BCUT2D eigenvalue weighted by atomic mass is 16.5. The summed E-state index contributed by atoms with van der Waals surface area (Å²) in [6, 6.07) is 7.25. The minimum Gasteiger partial charge on any atom is -0.492 e. The number of carbonyl (C=O) groups is 1. The first-order valence-corrected chi connectivity index (χ1v) is 8.39. The second-order valence-electron chi connectivity index (χ2n) is 5.49. The van der Waals surface area contributed by atoms with Gasteiger partial charge in [0.15, 0.2) is 5.69 Å². The third-order valence-corrected chi connectivity index (χ3v) is 3.57. The molecule has 1 heterocycles. The Bertz CT molecular complexity index is 777. The summed E-state index contributed by atoms with van der Waals surface area (Å²) in [5.41, 5.74) is 1.62. The summed E-state index contributed by atoms with van der Waals surface area (Å²) >= 11 is 0.